The van der Waals surface area contributed by atoms with Gasteiger partial charge in [0.05, 0.1) is 0 Å². The summed E-state index contributed by atoms with van der Waals surface area (Å²) in [4.78, 5) is 11.9. The van der Waals surface area contributed by atoms with E-state index in [1.165, 1.54) is 5.56 Å². The van der Waals surface area contributed by atoms with Gasteiger partial charge in [-0.05, 0) is 36.8 Å². The molecule has 0 aliphatic carbocycles. The highest BCUT2D eigenvalue weighted by molar-refractivity contribution is 9.10. The van der Waals surface area contributed by atoms with Crippen LogP contribution in [0.5, 0.6) is 0 Å². The maximum absolute atomic E-state index is 11.9. The zero-order valence-corrected chi connectivity index (χ0v) is 13.6. The SMILES string of the molecule is C[C@@H](NCCNC(=O)c1ccccc1)c1ccc(Br)cc1. The Morgan fingerprint density at radius 1 is 1.05 bits per heavy atom. The van der Waals surface area contributed by atoms with Crippen LogP contribution in [0.4, 0.5) is 0 Å². The minimum absolute atomic E-state index is 0.0336. The van der Waals surface area contributed by atoms with Crippen molar-refractivity contribution in [2.24, 2.45) is 0 Å². The predicted octanol–water partition coefficient (Wildman–Crippen LogP) is 3.53. The molecule has 0 aromatic heterocycles. The van der Waals surface area contributed by atoms with Crippen molar-refractivity contribution in [3.63, 3.8) is 0 Å². The Balaban J connectivity index is 1.72. The van der Waals surface area contributed by atoms with Gasteiger partial charge in [0.25, 0.3) is 5.91 Å². The summed E-state index contributed by atoms with van der Waals surface area (Å²) in [5, 5.41) is 6.30. The molecule has 0 aliphatic heterocycles. The lowest BCUT2D eigenvalue weighted by molar-refractivity contribution is 0.0953. The third-order valence-corrected chi connectivity index (χ3v) is 3.80. The Morgan fingerprint density at radius 3 is 2.38 bits per heavy atom. The first-order valence-electron chi connectivity index (χ1n) is 6.99. The summed E-state index contributed by atoms with van der Waals surface area (Å²) >= 11 is 3.43. The van der Waals surface area contributed by atoms with Crippen molar-refractivity contribution >= 4 is 21.8 Å². The Labute approximate surface area is 133 Å². The number of hydrogen-bond donors (Lipinski definition) is 2. The van der Waals surface area contributed by atoms with E-state index in [9.17, 15) is 4.79 Å². The fourth-order valence-electron chi connectivity index (χ4n) is 2.03. The Bertz CT molecular complexity index is 569. The van der Waals surface area contributed by atoms with Crippen LogP contribution in [0.1, 0.15) is 28.9 Å². The summed E-state index contributed by atoms with van der Waals surface area (Å²) in [5.74, 6) is -0.0336. The molecule has 2 rings (SSSR count). The number of benzene rings is 2. The first-order chi connectivity index (χ1) is 10.2. The summed E-state index contributed by atoms with van der Waals surface area (Å²) in [6, 6.07) is 17.8. The lowest BCUT2D eigenvalue weighted by atomic mass is 10.1. The fraction of sp³-hybridized carbons (Fsp3) is 0.235. The van der Waals surface area contributed by atoms with E-state index in [0.29, 0.717) is 12.1 Å². The minimum atomic E-state index is -0.0336. The summed E-state index contributed by atoms with van der Waals surface area (Å²) in [7, 11) is 0. The van der Waals surface area contributed by atoms with E-state index in [1.54, 1.807) is 0 Å². The van der Waals surface area contributed by atoms with Gasteiger partial charge in [-0.2, -0.15) is 0 Å². The van der Waals surface area contributed by atoms with Crippen LogP contribution in [0.15, 0.2) is 59.1 Å². The molecular weight excluding hydrogens is 328 g/mol. The summed E-state index contributed by atoms with van der Waals surface area (Å²) in [5.41, 5.74) is 1.92. The van der Waals surface area contributed by atoms with Gasteiger partial charge < -0.3 is 10.6 Å². The molecule has 21 heavy (non-hydrogen) atoms. The van der Waals surface area contributed by atoms with Crippen LogP contribution in [-0.4, -0.2) is 19.0 Å². The van der Waals surface area contributed by atoms with Crippen molar-refractivity contribution in [2.45, 2.75) is 13.0 Å². The molecule has 2 aromatic rings. The van der Waals surface area contributed by atoms with Crippen LogP contribution < -0.4 is 10.6 Å². The van der Waals surface area contributed by atoms with E-state index in [-0.39, 0.29) is 11.9 Å². The van der Waals surface area contributed by atoms with Crippen LogP contribution in [0.3, 0.4) is 0 Å². The third kappa shape index (κ3) is 4.99. The first kappa shape index (κ1) is 15.7. The van der Waals surface area contributed by atoms with Gasteiger partial charge >= 0.3 is 0 Å². The Kier molecular flexibility index (Phi) is 5.96. The number of carbonyl (C=O) groups is 1. The van der Waals surface area contributed by atoms with E-state index in [2.05, 4.69) is 45.6 Å². The van der Waals surface area contributed by atoms with Crippen molar-refractivity contribution in [3.05, 3.63) is 70.2 Å². The van der Waals surface area contributed by atoms with Crippen LogP contribution >= 0.6 is 15.9 Å². The molecular formula is C17H19BrN2O. The van der Waals surface area contributed by atoms with Crippen molar-refractivity contribution in [1.29, 1.82) is 0 Å². The van der Waals surface area contributed by atoms with E-state index in [1.807, 2.05) is 42.5 Å². The molecule has 0 unspecified atom stereocenters. The van der Waals surface area contributed by atoms with E-state index in [0.717, 1.165) is 11.0 Å². The topological polar surface area (TPSA) is 41.1 Å². The molecule has 110 valence electrons. The van der Waals surface area contributed by atoms with Gasteiger partial charge in [0.1, 0.15) is 0 Å². The molecule has 0 heterocycles. The van der Waals surface area contributed by atoms with Crippen LogP contribution in [-0.2, 0) is 0 Å². The van der Waals surface area contributed by atoms with Gasteiger partial charge in [-0.3, -0.25) is 4.79 Å². The van der Waals surface area contributed by atoms with Crippen molar-refractivity contribution in [3.8, 4) is 0 Å². The molecule has 1 atom stereocenters. The monoisotopic (exact) mass is 346 g/mol. The molecule has 0 aliphatic rings. The molecule has 1 amide bonds. The highest BCUT2D eigenvalue weighted by Crippen LogP contribution is 2.16. The average Bonchev–Trinajstić information content (AvgIpc) is 2.52. The van der Waals surface area contributed by atoms with Crippen molar-refractivity contribution in [2.75, 3.05) is 13.1 Å². The molecule has 3 nitrogen and oxygen atoms in total. The van der Waals surface area contributed by atoms with E-state index >= 15 is 0 Å². The number of rotatable bonds is 6. The van der Waals surface area contributed by atoms with Gasteiger partial charge in [0, 0.05) is 29.2 Å². The normalized spacial score (nSPS) is 11.9. The van der Waals surface area contributed by atoms with Gasteiger partial charge in [-0.25, -0.2) is 0 Å². The molecule has 0 spiro atoms. The highest BCUT2D eigenvalue weighted by atomic mass is 79.9. The quantitative estimate of drug-likeness (QED) is 0.785. The zero-order chi connectivity index (χ0) is 15.1. The lowest BCUT2D eigenvalue weighted by Gasteiger charge is -2.14. The molecule has 0 saturated heterocycles. The lowest BCUT2D eigenvalue weighted by Crippen LogP contribution is -2.32. The largest absolute Gasteiger partial charge is 0.351 e. The number of hydrogen-bond acceptors (Lipinski definition) is 2. The summed E-state index contributed by atoms with van der Waals surface area (Å²) in [6.45, 7) is 3.45. The van der Waals surface area contributed by atoms with Crippen LogP contribution in [0, 0.1) is 0 Å². The molecule has 0 radical (unpaired) electrons. The first-order valence-corrected chi connectivity index (χ1v) is 7.78. The number of nitrogens with one attached hydrogen (secondary N) is 2. The number of halogens is 1. The molecule has 2 N–H and O–H groups in total. The maximum Gasteiger partial charge on any atom is 0.251 e. The minimum Gasteiger partial charge on any atom is -0.351 e. The van der Waals surface area contributed by atoms with Crippen molar-refractivity contribution in [1.82, 2.24) is 10.6 Å². The van der Waals surface area contributed by atoms with E-state index in [4.69, 9.17) is 0 Å². The molecule has 0 saturated carbocycles. The van der Waals surface area contributed by atoms with Gasteiger partial charge in [-0.1, -0.05) is 46.3 Å². The van der Waals surface area contributed by atoms with E-state index < -0.39 is 0 Å². The van der Waals surface area contributed by atoms with Crippen molar-refractivity contribution < 1.29 is 4.79 Å². The second-order valence-electron chi connectivity index (χ2n) is 4.85. The predicted molar refractivity (Wildman–Crippen MR) is 89.3 cm³/mol. The smallest absolute Gasteiger partial charge is 0.251 e. The number of amides is 1. The molecule has 0 fully saturated rings. The van der Waals surface area contributed by atoms with Crippen LogP contribution in [0.25, 0.3) is 0 Å². The zero-order valence-electron chi connectivity index (χ0n) is 12.0. The number of carbonyl (C=O) groups excluding carboxylic acids is 1. The maximum atomic E-state index is 11.9. The molecule has 2 aromatic carbocycles. The fourth-order valence-corrected chi connectivity index (χ4v) is 2.29. The van der Waals surface area contributed by atoms with Crippen LogP contribution in [0.2, 0.25) is 0 Å². The van der Waals surface area contributed by atoms with Gasteiger partial charge in [0.2, 0.25) is 0 Å². The van der Waals surface area contributed by atoms with Gasteiger partial charge in [-0.15, -0.1) is 0 Å². The standard InChI is InChI=1S/C17H19BrN2O/c1-13(14-7-9-16(18)10-8-14)19-11-12-20-17(21)15-5-3-2-4-6-15/h2-10,13,19H,11-12H2,1H3,(H,20,21)/t13-/m1/s1. The summed E-state index contributed by atoms with van der Waals surface area (Å²) in [6.07, 6.45) is 0. The average molecular weight is 347 g/mol. The summed E-state index contributed by atoms with van der Waals surface area (Å²) < 4.78 is 1.08. The van der Waals surface area contributed by atoms with Gasteiger partial charge in [0.15, 0.2) is 0 Å². The highest BCUT2D eigenvalue weighted by Gasteiger charge is 2.05. The molecule has 0 bridgehead atoms. The third-order valence-electron chi connectivity index (χ3n) is 3.27. The Morgan fingerprint density at radius 2 is 1.71 bits per heavy atom. The molecule has 4 heteroatoms. The Hall–Kier alpha value is -1.65. The second-order valence-corrected chi connectivity index (χ2v) is 5.76. The second kappa shape index (κ2) is 7.96.